The van der Waals surface area contributed by atoms with Crippen LogP contribution < -0.4 is 0 Å². The van der Waals surface area contributed by atoms with Gasteiger partial charge in [0.15, 0.2) is 5.82 Å². The van der Waals surface area contributed by atoms with E-state index in [4.69, 9.17) is 23.8 Å². The summed E-state index contributed by atoms with van der Waals surface area (Å²) in [5.74, 6) is 1.53. The molecule has 0 atom stereocenters. The molecule has 13 aromatic rings. The van der Waals surface area contributed by atoms with E-state index in [1.807, 2.05) is 30.3 Å². The van der Waals surface area contributed by atoms with Crippen molar-refractivity contribution < 1.29 is 8.83 Å². The zero-order chi connectivity index (χ0) is 37.9. The third kappa shape index (κ3) is 4.35. The van der Waals surface area contributed by atoms with Gasteiger partial charge in [0.1, 0.15) is 22.3 Å². The van der Waals surface area contributed by atoms with Crippen LogP contribution in [0.2, 0.25) is 0 Å². The molecule has 5 aromatic heterocycles. The zero-order valence-electron chi connectivity index (χ0n) is 30.8. The first kappa shape index (κ1) is 31.2. The van der Waals surface area contributed by atoms with Crippen LogP contribution in [0.3, 0.4) is 0 Å². The molecule has 0 N–H and O–H groups in total. The number of benzene rings is 8. The maximum absolute atomic E-state index is 6.64. The van der Waals surface area contributed by atoms with E-state index in [0.29, 0.717) is 17.7 Å². The van der Waals surface area contributed by atoms with Crippen LogP contribution in [0.15, 0.2) is 185 Å². The van der Waals surface area contributed by atoms with Gasteiger partial charge in [-0.3, -0.25) is 9.13 Å². The Labute approximate surface area is 329 Å². The van der Waals surface area contributed by atoms with Crippen molar-refractivity contribution in [1.82, 2.24) is 24.1 Å². The summed E-state index contributed by atoms with van der Waals surface area (Å²) in [6.45, 7) is 0. The van der Waals surface area contributed by atoms with Crippen molar-refractivity contribution in [1.29, 1.82) is 0 Å². The lowest BCUT2D eigenvalue weighted by molar-refractivity contribution is 0.669. The molecule has 0 aliphatic rings. The van der Waals surface area contributed by atoms with Crippen LogP contribution in [0.4, 0.5) is 0 Å². The Morgan fingerprint density at radius 1 is 0.345 bits per heavy atom. The van der Waals surface area contributed by atoms with E-state index in [1.54, 1.807) is 0 Å². The molecular weight excluding hydrogens is 715 g/mol. The Kier molecular flexibility index (Phi) is 6.32. The average Bonchev–Trinajstić information content (AvgIpc) is 4.04. The molecule has 8 aromatic carbocycles. The maximum atomic E-state index is 6.64. The molecule has 7 nitrogen and oxygen atoms in total. The Balaban J connectivity index is 1.16. The first-order chi connectivity index (χ1) is 28.8. The summed E-state index contributed by atoms with van der Waals surface area (Å²) >= 11 is 0. The minimum atomic E-state index is 0.495. The number of furan rings is 2. The predicted molar refractivity (Wildman–Crippen MR) is 234 cm³/mol. The SMILES string of the molecule is c1ccc(-c2cc(-c3nc(-n4c5ccccc5c5ccccc54)nc(-n4c5ccccc5c5c6oc7ccccc7c6ccc54)n3)cc3oc4ccccc4c23)cc1. The lowest BCUT2D eigenvalue weighted by Gasteiger charge is -2.13. The second kappa shape index (κ2) is 11.7. The van der Waals surface area contributed by atoms with Gasteiger partial charge in [0, 0.05) is 43.3 Å². The molecule has 270 valence electrons. The molecular formula is C51H29N5O2. The van der Waals surface area contributed by atoms with Crippen molar-refractivity contribution in [3.05, 3.63) is 176 Å². The summed E-state index contributed by atoms with van der Waals surface area (Å²) in [7, 11) is 0. The van der Waals surface area contributed by atoms with E-state index in [2.05, 4.69) is 155 Å². The molecule has 0 bridgehead atoms. The molecule has 13 rings (SSSR count). The highest BCUT2D eigenvalue weighted by molar-refractivity contribution is 6.24. The van der Waals surface area contributed by atoms with Gasteiger partial charge in [0.05, 0.1) is 27.5 Å². The standard InChI is InChI=1S/C51H29N5O2/c1-2-14-30(15-3-1)38-28-31(29-45-46(38)37-20-8-13-25-44(37)57-45)49-52-50(55-39-21-9-4-16-32(39)33-17-5-10-22-40(33)55)54-51(53-49)56-41-23-11-6-19-36(41)47-42(56)27-26-35-34-18-7-12-24-43(34)58-48(35)47/h1-29H. The first-order valence-electron chi connectivity index (χ1n) is 19.4. The number of hydrogen-bond acceptors (Lipinski definition) is 5. The van der Waals surface area contributed by atoms with Crippen molar-refractivity contribution in [2.24, 2.45) is 0 Å². The molecule has 0 fully saturated rings. The number of fused-ring (bicyclic) bond motifs is 13. The van der Waals surface area contributed by atoms with E-state index in [9.17, 15) is 0 Å². The van der Waals surface area contributed by atoms with Crippen molar-refractivity contribution in [3.8, 4) is 34.4 Å². The van der Waals surface area contributed by atoms with Crippen LogP contribution in [0.1, 0.15) is 0 Å². The van der Waals surface area contributed by atoms with Gasteiger partial charge in [0.2, 0.25) is 11.9 Å². The van der Waals surface area contributed by atoms with Crippen molar-refractivity contribution in [2.45, 2.75) is 0 Å². The fourth-order valence-corrected chi connectivity index (χ4v) is 9.10. The molecule has 7 heteroatoms. The number of para-hydroxylation sites is 5. The molecule has 0 aliphatic carbocycles. The van der Waals surface area contributed by atoms with Gasteiger partial charge in [0.25, 0.3) is 0 Å². The highest BCUT2D eigenvalue weighted by Crippen LogP contribution is 2.42. The Morgan fingerprint density at radius 2 is 0.897 bits per heavy atom. The van der Waals surface area contributed by atoms with Crippen LogP contribution in [0, 0.1) is 0 Å². The summed E-state index contributed by atoms with van der Waals surface area (Å²) in [6.07, 6.45) is 0. The van der Waals surface area contributed by atoms with Gasteiger partial charge in [-0.05, 0) is 65.7 Å². The monoisotopic (exact) mass is 743 g/mol. The largest absolute Gasteiger partial charge is 0.456 e. The highest BCUT2D eigenvalue weighted by Gasteiger charge is 2.24. The first-order valence-corrected chi connectivity index (χ1v) is 19.4. The third-order valence-corrected chi connectivity index (χ3v) is 11.6. The molecule has 58 heavy (non-hydrogen) atoms. The Morgan fingerprint density at radius 3 is 1.60 bits per heavy atom. The van der Waals surface area contributed by atoms with E-state index < -0.39 is 0 Å². The minimum absolute atomic E-state index is 0.495. The van der Waals surface area contributed by atoms with Gasteiger partial charge in [-0.2, -0.15) is 15.0 Å². The fourth-order valence-electron chi connectivity index (χ4n) is 9.10. The lowest BCUT2D eigenvalue weighted by atomic mass is 9.97. The molecule has 0 saturated heterocycles. The molecule has 0 unspecified atom stereocenters. The van der Waals surface area contributed by atoms with Crippen molar-refractivity contribution >= 4 is 87.5 Å². The smallest absolute Gasteiger partial charge is 0.240 e. The van der Waals surface area contributed by atoms with Gasteiger partial charge in [-0.25, -0.2) is 0 Å². The van der Waals surface area contributed by atoms with Crippen LogP contribution in [0.5, 0.6) is 0 Å². The average molecular weight is 744 g/mol. The van der Waals surface area contributed by atoms with Crippen LogP contribution in [-0.2, 0) is 0 Å². The number of hydrogen-bond donors (Lipinski definition) is 0. The fraction of sp³-hybridized carbons (Fsp3) is 0. The third-order valence-electron chi connectivity index (χ3n) is 11.6. The molecule has 5 heterocycles. The highest BCUT2D eigenvalue weighted by atomic mass is 16.3. The van der Waals surface area contributed by atoms with Gasteiger partial charge >= 0.3 is 0 Å². The quantitative estimate of drug-likeness (QED) is 0.179. The normalized spacial score (nSPS) is 12.1. The molecule has 0 radical (unpaired) electrons. The molecule has 0 saturated carbocycles. The number of aromatic nitrogens is 5. The van der Waals surface area contributed by atoms with Gasteiger partial charge in [-0.15, -0.1) is 0 Å². The summed E-state index contributed by atoms with van der Waals surface area (Å²) in [4.78, 5) is 16.1. The van der Waals surface area contributed by atoms with E-state index in [0.717, 1.165) is 104 Å². The number of rotatable bonds is 4. The summed E-state index contributed by atoms with van der Waals surface area (Å²) in [6, 6.07) is 60.7. The topological polar surface area (TPSA) is 74.8 Å². The second-order valence-corrected chi connectivity index (χ2v) is 14.8. The maximum Gasteiger partial charge on any atom is 0.240 e. The van der Waals surface area contributed by atoms with Crippen LogP contribution in [-0.4, -0.2) is 24.1 Å². The molecule has 0 aliphatic heterocycles. The Hall–Kier alpha value is -8.03. The van der Waals surface area contributed by atoms with Gasteiger partial charge in [-0.1, -0.05) is 121 Å². The van der Waals surface area contributed by atoms with E-state index in [-0.39, 0.29) is 0 Å². The van der Waals surface area contributed by atoms with E-state index in [1.165, 1.54) is 0 Å². The minimum Gasteiger partial charge on any atom is -0.456 e. The second-order valence-electron chi connectivity index (χ2n) is 14.8. The lowest BCUT2D eigenvalue weighted by Crippen LogP contribution is -2.10. The summed E-state index contributed by atoms with van der Waals surface area (Å²) in [5.41, 5.74) is 10.2. The number of nitrogens with zero attached hydrogens (tertiary/aromatic N) is 5. The summed E-state index contributed by atoms with van der Waals surface area (Å²) in [5, 5.41) is 8.59. The van der Waals surface area contributed by atoms with Gasteiger partial charge < -0.3 is 8.83 Å². The van der Waals surface area contributed by atoms with Crippen molar-refractivity contribution in [2.75, 3.05) is 0 Å². The van der Waals surface area contributed by atoms with Crippen molar-refractivity contribution in [3.63, 3.8) is 0 Å². The van der Waals surface area contributed by atoms with Crippen LogP contribution >= 0.6 is 0 Å². The predicted octanol–water partition coefficient (Wildman–Crippen LogP) is 13.2. The summed E-state index contributed by atoms with van der Waals surface area (Å²) < 4.78 is 17.5. The molecule has 0 amide bonds. The Bertz CT molecular complexity index is 3760. The van der Waals surface area contributed by atoms with Crippen LogP contribution in [0.25, 0.3) is 122 Å². The molecule has 0 spiro atoms. The zero-order valence-corrected chi connectivity index (χ0v) is 30.8. The van der Waals surface area contributed by atoms with E-state index >= 15 is 0 Å².